The summed E-state index contributed by atoms with van der Waals surface area (Å²) in [6.07, 6.45) is 2.68. The number of benzene rings is 2. The van der Waals surface area contributed by atoms with Crippen LogP contribution in [0, 0.1) is 0 Å². The Kier molecular flexibility index (Phi) is 5.44. The van der Waals surface area contributed by atoms with Gasteiger partial charge < -0.3 is 14.5 Å². The number of fused-ring (bicyclic) bond motifs is 1. The van der Waals surface area contributed by atoms with Crippen molar-refractivity contribution < 1.29 is 13.9 Å². The molecule has 0 saturated heterocycles. The van der Waals surface area contributed by atoms with Crippen molar-refractivity contribution >= 4 is 5.91 Å². The van der Waals surface area contributed by atoms with Crippen LogP contribution in [0.4, 0.5) is 0 Å². The molecule has 1 atom stereocenters. The third-order valence-corrected chi connectivity index (χ3v) is 5.28. The number of hydrogen-bond acceptors (Lipinski definition) is 4. The minimum absolute atomic E-state index is 0.0259. The lowest BCUT2D eigenvalue weighted by atomic mass is 9.98. The molecule has 0 bridgehead atoms. The Morgan fingerprint density at radius 2 is 1.89 bits per heavy atom. The van der Waals surface area contributed by atoms with E-state index in [4.69, 9.17) is 9.15 Å². The fourth-order valence-electron chi connectivity index (χ4n) is 3.79. The Labute approximate surface area is 164 Å². The molecule has 1 amide bonds. The normalized spacial score (nSPS) is 14.9. The van der Waals surface area contributed by atoms with Crippen LogP contribution in [0.3, 0.4) is 0 Å². The Morgan fingerprint density at radius 3 is 2.68 bits per heavy atom. The molecule has 1 aliphatic heterocycles. The average Bonchev–Trinajstić information content (AvgIpc) is 3.28. The van der Waals surface area contributed by atoms with Crippen LogP contribution in [0.25, 0.3) is 0 Å². The fourth-order valence-corrected chi connectivity index (χ4v) is 3.79. The molecule has 5 nitrogen and oxygen atoms in total. The van der Waals surface area contributed by atoms with Crippen LogP contribution in [-0.4, -0.2) is 31.0 Å². The Morgan fingerprint density at radius 1 is 1.11 bits per heavy atom. The highest BCUT2D eigenvalue weighted by Gasteiger charge is 2.27. The van der Waals surface area contributed by atoms with Crippen LogP contribution in [0.5, 0.6) is 5.75 Å². The topological polar surface area (TPSA) is 54.7 Å². The van der Waals surface area contributed by atoms with Gasteiger partial charge in [0.25, 0.3) is 5.91 Å². The van der Waals surface area contributed by atoms with E-state index in [1.54, 1.807) is 25.5 Å². The van der Waals surface area contributed by atoms with Gasteiger partial charge in [-0.1, -0.05) is 36.4 Å². The predicted molar refractivity (Wildman–Crippen MR) is 107 cm³/mol. The largest absolute Gasteiger partial charge is 0.496 e. The highest BCUT2D eigenvalue weighted by atomic mass is 16.5. The molecule has 2 aromatic carbocycles. The zero-order chi connectivity index (χ0) is 19.3. The minimum atomic E-state index is -0.147. The van der Waals surface area contributed by atoms with Gasteiger partial charge in [0.15, 0.2) is 0 Å². The molecule has 0 aliphatic carbocycles. The van der Waals surface area contributed by atoms with E-state index in [1.807, 2.05) is 24.3 Å². The van der Waals surface area contributed by atoms with E-state index in [1.165, 1.54) is 11.1 Å². The van der Waals surface area contributed by atoms with E-state index >= 15 is 0 Å². The first-order valence-electron chi connectivity index (χ1n) is 9.51. The van der Waals surface area contributed by atoms with Crippen molar-refractivity contribution in [3.8, 4) is 5.75 Å². The van der Waals surface area contributed by atoms with Crippen molar-refractivity contribution in [2.45, 2.75) is 19.0 Å². The molecule has 0 radical (unpaired) electrons. The second-order valence-electron chi connectivity index (χ2n) is 6.93. The van der Waals surface area contributed by atoms with E-state index in [0.717, 1.165) is 25.3 Å². The fraction of sp³-hybridized carbons (Fsp3) is 0.261. The highest BCUT2D eigenvalue weighted by molar-refractivity contribution is 5.96. The van der Waals surface area contributed by atoms with E-state index in [-0.39, 0.29) is 11.9 Å². The molecule has 2 heterocycles. The van der Waals surface area contributed by atoms with Crippen LogP contribution >= 0.6 is 0 Å². The lowest BCUT2D eigenvalue weighted by Gasteiger charge is -2.34. The predicted octanol–water partition coefficient (Wildman–Crippen LogP) is 3.82. The third kappa shape index (κ3) is 3.80. The minimum Gasteiger partial charge on any atom is -0.496 e. The molecular formula is C23H24N2O3. The molecule has 0 unspecified atom stereocenters. The SMILES string of the molecule is COc1ccccc1C(=O)NC[C@H](c1ccco1)N1CCc2ccccc2C1. The molecule has 0 saturated carbocycles. The van der Waals surface area contributed by atoms with Crippen molar-refractivity contribution in [1.29, 1.82) is 0 Å². The van der Waals surface area contributed by atoms with Crippen LogP contribution in [0.15, 0.2) is 71.3 Å². The first-order chi connectivity index (χ1) is 13.8. The van der Waals surface area contributed by atoms with Gasteiger partial charge in [0.05, 0.1) is 25.0 Å². The van der Waals surface area contributed by atoms with Gasteiger partial charge in [0.2, 0.25) is 0 Å². The maximum atomic E-state index is 12.7. The van der Waals surface area contributed by atoms with Gasteiger partial charge in [-0.15, -0.1) is 0 Å². The maximum Gasteiger partial charge on any atom is 0.255 e. The molecule has 1 aromatic heterocycles. The number of nitrogens with zero attached hydrogens (tertiary/aromatic N) is 1. The van der Waals surface area contributed by atoms with Gasteiger partial charge in [-0.05, 0) is 41.8 Å². The number of para-hydroxylation sites is 1. The molecule has 1 aliphatic rings. The van der Waals surface area contributed by atoms with Gasteiger partial charge in [-0.2, -0.15) is 0 Å². The highest BCUT2D eigenvalue weighted by Crippen LogP contribution is 2.28. The van der Waals surface area contributed by atoms with Crippen molar-refractivity contribution in [3.63, 3.8) is 0 Å². The number of ether oxygens (including phenoxy) is 1. The molecule has 28 heavy (non-hydrogen) atoms. The zero-order valence-electron chi connectivity index (χ0n) is 15.9. The van der Waals surface area contributed by atoms with Crippen molar-refractivity contribution in [2.24, 2.45) is 0 Å². The smallest absolute Gasteiger partial charge is 0.255 e. The number of furan rings is 1. The van der Waals surface area contributed by atoms with Crippen molar-refractivity contribution in [1.82, 2.24) is 10.2 Å². The number of rotatable bonds is 6. The van der Waals surface area contributed by atoms with Crippen molar-refractivity contribution in [3.05, 3.63) is 89.4 Å². The number of hydrogen-bond donors (Lipinski definition) is 1. The summed E-state index contributed by atoms with van der Waals surface area (Å²) in [5.74, 6) is 1.28. The van der Waals surface area contributed by atoms with Crippen molar-refractivity contribution in [2.75, 3.05) is 20.2 Å². The molecule has 4 rings (SSSR count). The van der Waals surface area contributed by atoms with E-state index in [2.05, 4.69) is 34.5 Å². The summed E-state index contributed by atoms with van der Waals surface area (Å²) >= 11 is 0. The average molecular weight is 376 g/mol. The second-order valence-corrected chi connectivity index (χ2v) is 6.93. The molecule has 3 aromatic rings. The molecule has 0 fully saturated rings. The first-order valence-corrected chi connectivity index (χ1v) is 9.51. The molecule has 0 spiro atoms. The molecule has 1 N–H and O–H groups in total. The summed E-state index contributed by atoms with van der Waals surface area (Å²) in [6.45, 7) is 2.23. The summed E-state index contributed by atoms with van der Waals surface area (Å²) in [5, 5.41) is 3.06. The number of methoxy groups -OCH3 is 1. The second kappa shape index (κ2) is 8.31. The number of carbonyl (C=O) groups excluding carboxylic acids is 1. The van der Waals surface area contributed by atoms with Crippen LogP contribution in [0.1, 0.15) is 33.3 Å². The van der Waals surface area contributed by atoms with Gasteiger partial charge in [0.1, 0.15) is 11.5 Å². The summed E-state index contributed by atoms with van der Waals surface area (Å²) in [6, 6.07) is 19.6. The lowest BCUT2D eigenvalue weighted by Crippen LogP contribution is -2.40. The van der Waals surface area contributed by atoms with E-state index in [9.17, 15) is 4.79 Å². The lowest BCUT2D eigenvalue weighted by molar-refractivity contribution is 0.0916. The monoisotopic (exact) mass is 376 g/mol. The van der Waals surface area contributed by atoms with Gasteiger partial charge in [-0.3, -0.25) is 9.69 Å². The standard InChI is InChI=1S/C23H24N2O3/c1-27-21-10-5-4-9-19(21)23(26)24-15-20(22-11-6-14-28-22)25-13-12-17-7-2-3-8-18(17)16-25/h2-11,14,20H,12-13,15-16H2,1H3,(H,24,26)/t20-/m1/s1. The molecule has 5 heteroatoms. The van der Waals surface area contributed by atoms with E-state index in [0.29, 0.717) is 17.9 Å². The third-order valence-electron chi connectivity index (χ3n) is 5.28. The van der Waals surface area contributed by atoms with E-state index < -0.39 is 0 Å². The van der Waals surface area contributed by atoms with Crippen LogP contribution < -0.4 is 10.1 Å². The Balaban J connectivity index is 1.51. The van der Waals surface area contributed by atoms with Crippen LogP contribution in [-0.2, 0) is 13.0 Å². The van der Waals surface area contributed by atoms with Crippen LogP contribution in [0.2, 0.25) is 0 Å². The number of carbonyl (C=O) groups is 1. The molecular weight excluding hydrogens is 352 g/mol. The Bertz CT molecular complexity index is 937. The number of amides is 1. The quantitative estimate of drug-likeness (QED) is 0.711. The Hall–Kier alpha value is -3.05. The summed E-state index contributed by atoms with van der Waals surface area (Å²) in [4.78, 5) is 15.1. The summed E-state index contributed by atoms with van der Waals surface area (Å²) < 4.78 is 11.0. The summed E-state index contributed by atoms with van der Waals surface area (Å²) in [5.41, 5.74) is 3.27. The van der Waals surface area contributed by atoms with Gasteiger partial charge in [-0.25, -0.2) is 0 Å². The van der Waals surface area contributed by atoms with Gasteiger partial charge in [0, 0.05) is 19.6 Å². The summed E-state index contributed by atoms with van der Waals surface area (Å²) in [7, 11) is 1.57. The van der Waals surface area contributed by atoms with Gasteiger partial charge >= 0.3 is 0 Å². The molecule has 144 valence electrons. The maximum absolute atomic E-state index is 12.7. The first kappa shape index (κ1) is 18.3. The number of nitrogens with one attached hydrogen (secondary N) is 1. The zero-order valence-corrected chi connectivity index (χ0v) is 15.9.